The van der Waals surface area contributed by atoms with Crippen molar-refractivity contribution in [2.45, 2.75) is 45.3 Å². The number of aliphatic hydroxyl groups excluding tert-OH is 1. The van der Waals surface area contributed by atoms with Crippen LogP contribution in [0.25, 0.3) is 0 Å². The third-order valence-corrected chi connectivity index (χ3v) is 4.37. The van der Waals surface area contributed by atoms with Gasteiger partial charge < -0.3 is 14.9 Å². The molecule has 20 heavy (non-hydrogen) atoms. The molecular weight excluding hydrogens is 248 g/mol. The molecule has 1 aliphatic rings. The molecule has 2 atom stereocenters. The van der Waals surface area contributed by atoms with Crippen molar-refractivity contribution in [2.24, 2.45) is 0 Å². The molecule has 3 heteroatoms. The van der Waals surface area contributed by atoms with Gasteiger partial charge in [-0.25, -0.2) is 0 Å². The van der Waals surface area contributed by atoms with Gasteiger partial charge in [-0.2, -0.15) is 0 Å². The molecule has 1 heterocycles. The molecule has 1 fully saturated rings. The molecule has 1 aliphatic heterocycles. The van der Waals surface area contributed by atoms with Crippen LogP contribution in [0.2, 0.25) is 0 Å². The van der Waals surface area contributed by atoms with E-state index in [2.05, 4.69) is 42.0 Å². The van der Waals surface area contributed by atoms with Crippen LogP contribution in [0.4, 0.5) is 5.69 Å². The van der Waals surface area contributed by atoms with E-state index < -0.39 is 0 Å². The minimum Gasteiger partial charge on any atom is -0.388 e. The quantitative estimate of drug-likeness (QED) is 0.915. The Hall–Kier alpha value is -1.06. The number of likely N-dealkylation sites (N-methyl/N-ethyl adjacent to an activating group) is 1. The highest BCUT2D eigenvalue weighted by Gasteiger charge is 2.24. The first kappa shape index (κ1) is 15.3. The topological polar surface area (TPSA) is 26.7 Å². The fourth-order valence-electron chi connectivity index (χ4n) is 3.16. The van der Waals surface area contributed by atoms with Gasteiger partial charge in [-0.15, -0.1) is 0 Å². The van der Waals surface area contributed by atoms with Gasteiger partial charge in [0, 0.05) is 30.4 Å². The lowest BCUT2D eigenvalue weighted by Crippen LogP contribution is -2.40. The first-order chi connectivity index (χ1) is 9.67. The van der Waals surface area contributed by atoms with Gasteiger partial charge in [-0.3, -0.25) is 0 Å². The second kappa shape index (κ2) is 7.09. The van der Waals surface area contributed by atoms with Crippen molar-refractivity contribution in [3.8, 4) is 0 Å². The van der Waals surface area contributed by atoms with E-state index in [0.29, 0.717) is 6.04 Å². The monoisotopic (exact) mass is 276 g/mol. The Kier molecular flexibility index (Phi) is 5.44. The van der Waals surface area contributed by atoms with Crippen molar-refractivity contribution < 1.29 is 5.11 Å². The molecule has 0 saturated carbocycles. The smallest absolute Gasteiger partial charge is 0.0807 e. The predicted octanol–water partition coefficient (Wildman–Crippen LogP) is 3.05. The first-order valence-electron chi connectivity index (χ1n) is 7.89. The Morgan fingerprint density at radius 3 is 2.70 bits per heavy atom. The third kappa shape index (κ3) is 3.33. The summed E-state index contributed by atoms with van der Waals surface area (Å²) in [5.74, 6) is 0. The molecule has 0 aliphatic carbocycles. The molecule has 3 nitrogen and oxygen atoms in total. The molecule has 1 aromatic rings. The van der Waals surface area contributed by atoms with Gasteiger partial charge in [0.25, 0.3) is 0 Å². The van der Waals surface area contributed by atoms with Crippen LogP contribution in [0, 0.1) is 0 Å². The average Bonchev–Trinajstić information content (AvgIpc) is 2.67. The molecular formula is C17H28N2O. The maximum absolute atomic E-state index is 10.3. The Labute approximate surface area is 123 Å². The Balaban J connectivity index is 2.32. The number of hydrogen-bond acceptors (Lipinski definition) is 3. The minimum atomic E-state index is -0.357. The van der Waals surface area contributed by atoms with Gasteiger partial charge in [-0.1, -0.05) is 32.0 Å². The molecule has 1 aromatic carbocycles. The lowest BCUT2D eigenvalue weighted by atomic mass is 10.0. The number of hydrogen-bond donors (Lipinski definition) is 1. The van der Waals surface area contributed by atoms with Crippen molar-refractivity contribution in [3.63, 3.8) is 0 Å². The molecule has 0 amide bonds. The number of nitrogens with zero attached hydrogens (tertiary/aromatic N) is 2. The van der Waals surface area contributed by atoms with Crippen LogP contribution >= 0.6 is 0 Å². The molecule has 0 spiro atoms. The highest BCUT2D eigenvalue weighted by molar-refractivity contribution is 5.55. The van der Waals surface area contributed by atoms with E-state index in [1.165, 1.54) is 12.1 Å². The van der Waals surface area contributed by atoms with E-state index in [-0.39, 0.29) is 6.10 Å². The molecule has 0 aromatic heterocycles. The van der Waals surface area contributed by atoms with Gasteiger partial charge in [0.05, 0.1) is 6.10 Å². The van der Waals surface area contributed by atoms with Gasteiger partial charge in [-0.05, 0) is 38.9 Å². The van der Waals surface area contributed by atoms with Gasteiger partial charge in [0.15, 0.2) is 0 Å². The van der Waals surface area contributed by atoms with Crippen molar-refractivity contribution in [2.75, 3.05) is 31.6 Å². The van der Waals surface area contributed by atoms with E-state index in [1.807, 2.05) is 13.0 Å². The van der Waals surface area contributed by atoms with E-state index in [9.17, 15) is 5.11 Å². The summed E-state index contributed by atoms with van der Waals surface area (Å²) < 4.78 is 0. The largest absolute Gasteiger partial charge is 0.388 e. The molecule has 0 radical (unpaired) electrons. The van der Waals surface area contributed by atoms with E-state index in [4.69, 9.17) is 0 Å². The SMILES string of the molecule is CCC1CN(C)CCCN1c1ccccc1[C@@H](O)CC. The molecule has 2 rings (SSSR count). The average molecular weight is 276 g/mol. The van der Waals surface area contributed by atoms with E-state index in [1.54, 1.807) is 0 Å². The van der Waals surface area contributed by atoms with Crippen LogP contribution < -0.4 is 4.90 Å². The van der Waals surface area contributed by atoms with Crippen LogP contribution in [0.1, 0.15) is 44.8 Å². The van der Waals surface area contributed by atoms with Crippen molar-refractivity contribution >= 4 is 5.69 Å². The second-order valence-corrected chi connectivity index (χ2v) is 5.85. The molecule has 1 saturated heterocycles. The normalized spacial score (nSPS) is 22.6. The number of aliphatic hydroxyl groups is 1. The lowest BCUT2D eigenvalue weighted by molar-refractivity contribution is 0.174. The highest BCUT2D eigenvalue weighted by atomic mass is 16.3. The van der Waals surface area contributed by atoms with Crippen molar-refractivity contribution in [1.82, 2.24) is 4.90 Å². The van der Waals surface area contributed by atoms with Crippen LogP contribution in [0.5, 0.6) is 0 Å². The van der Waals surface area contributed by atoms with Gasteiger partial charge >= 0.3 is 0 Å². The van der Waals surface area contributed by atoms with Crippen molar-refractivity contribution in [3.05, 3.63) is 29.8 Å². The maximum Gasteiger partial charge on any atom is 0.0807 e. The number of para-hydroxylation sites is 1. The zero-order valence-electron chi connectivity index (χ0n) is 13.0. The van der Waals surface area contributed by atoms with E-state index in [0.717, 1.165) is 38.0 Å². The van der Waals surface area contributed by atoms with Crippen molar-refractivity contribution in [1.29, 1.82) is 0 Å². The standard InChI is InChI=1S/C17H28N2O/c1-4-14-13-18(3)11-8-12-19(14)16-10-7-6-9-15(16)17(20)5-2/h6-7,9-10,14,17,20H,4-5,8,11-13H2,1-3H3/t14?,17-/m0/s1. The van der Waals surface area contributed by atoms with Crippen LogP contribution in [0.3, 0.4) is 0 Å². The zero-order chi connectivity index (χ0) is 14.5. The first-order valence-corrected chi connectivity index (χ1v) is 7.89. The summed E-state index contributed by atoms with van der Waals surface area (Å²) in [5.41, 5.74) is 2.31. The summed E-state index contributed by atoms with van der Waals surface area (Å²) in [5, 5.41) is 10.3. The van der Waals surface area contributed by atoms with Gasteiger partial charge in [0.2, 0.25) is 0 Å². The highest BCUT2D eigenvalue weighted by Crippen LogP contribution is 2.31. The van der Waals surface area contributed by atoms with Crippen LogP contribution in [0.15, 0.2) is 24.3 Å². The predicted molar refractivity (Wildman–Crippen MR) is 85.2 cm³/mol. The third-order valence-electron chi connectivity index (χ3n) is 4.37. The number of rotatable bonds is 4. The summed E-state index contributed by atoms with van der Waals surface area (Å²) in [6, 6.07) is 8.89. The summed E-state index contributed by atoms with van der Waals surface area (Å²) in [4.78, 5) is 4.94. The zero-order valence-corrected chi connectivity index (χ0v) is 13.0. The van der Waals surface area contributed by atoms with Gasteiger partial charge in [0.1, 0.15) is 0 Å². The number of benzene rings is 1. The lowest BCUT2D eigenvalue weighted by Gasteiger charge is -2.34. The summed E-state index contributed by atoms with van der Waals surface area (Å²) >= 11 is 0. The molecule has 112 valence electrons. The maximum atomic E-state index is 10.3. The summed E-state index contributed by atoms with van der Waals surface area (Å²) in [6.45, 7) is 7.64. The Bertz CT molecular complexity index is 421. The minimum absolute atomic E-state index is 0.357. The fourth-order valence-corrected chi connectivity index (χ4v) is 3.16. The Morgan fingerprint density at radius 1 is 1.25 bits per heavy atom. The molecule has 1 unspecified atom stereocenters. The number of anilines is 1. The second-order valence-electron chi connectivity index (χ2n) is 5.85. The van der Waals surface area contributed by atoms with Crippen LogP contribution in [-0.2, 0) is 0 Å². The fraction of sp³-hybridized carbons (Fsp3) is 0.647. The molecule has 0 bridgehead atoms. The summed E-state index contributed by atoms with van der Waals surface area (Å²) in [6.07, 6.45) is 2.73. The Morgan fingerprint density at radius 2 is 2.00 bits per heavy atom. The summed E-state index contributed by atoms with van der Waals surface area (Å²) in [7, 11) is 2.21. The van der Waals surface area contributed by atoms with Crippen LogP contribution in [-0.4, -0.2) is 42.7 Å². The molecule has 1 N–H and O–H groups in total. The van der Waals surface area contributed by atoms with E-state index >= 15 is 0 Å².